The van der Waals surface area contributed by atoms with Crippen LogP contribution >= 0.6 is 0 Å². The average molecular weight is 620 g/mol. The predicted molar refractivity (Wildman–Crippen MR) is 167 cm³/mol. The molecule has 0 heterocycles. The number of aliphatic hydroxyl groups excluding tert-OH is 2. The fourth-order valence-electron chi connectivity index (χ4n) is 6.89. The highest BCUT2D eigenvalue weighted by atomic mass is 16.3. The number of benzene rings is 2. The normalized spacial score (nSPS) is 24.2. The average Bonchev–Trinajstić information content (AvgIpc) is 2.95. The van der Waals surface area contributed by atoms with Crippen LogP contribution in [0.5, 0.6) is 5.75 Å². The zero-order valence-electron chi connectivity index (χ0n) is 25.9. The molecule has 2 aromatic carbocycles. The summed E-state index contributed by atoms with van der Waals surface area (Å²) in [4.78, 5) is 57.9. The lowest BCUT2D eigenvalue weighted by atomic mass is 9.57. The molecule has 2 unspecified atom stereocenters. The van der Waals surface area contributed by atoms with Crippen molar-refractivity contribution in [1.82, 2.24) is 4.90 Å². The molecule has 2 aromatic rings. The topological polar surface area (TPSA) is 197 Å². The summed E-state index contributed by atoms with van der Waals surface area (Å²) in [5.41, 5.74) is 3.58. The highest BCUT2D eigenvalue weighted by molar-refractivity contribution is 6.24. The number of primary amides is 1. The second-order valence-corrected chi connectivity index (χ2v) is 12.4. The number of likely N-dealkylation sites (N-methyl/N-ethyl adjacent to an activating group) is 1. The minimum atomic E-state index is -2.74. The molecule has 238 valence electrons. The molecule has 45 heavy (non-hydrogen) atoms. The highest BCUT2D eigenvalue weighted by Crippen LogP contribution is 2.54. The van der Waals surface area contributed by atoms with Crippen LogP contribution in [0.15, 0.2) is 47.2 Å². The van der Waals surface area contributed by atoms with Gasteiger partial charge in [-0.2, -0.15) is 0 Å². The molecule has 13 heteroatoms. The third-order valence-electron chi connectivity index (χ3n) is 9.07. The van der Waals surface area contributed by atoms with Gasteiger partial charge in [0.05, 0.1) is 17.3 Å². The summed E-state index contributed by atoms with van der Waals surface area (Å²) in [7, 11) is 10.3. The van der Waals surface area contributed by atoms with Crippen LogP contribution in [-0.4, -0.2) is 103 Å². The number of aromatic hydroxyl groups is 1. The molecule has 0 saturated heterocycles. The largest absolute Gasteiger partial charge is 0.508 e. The van der Waals surface area contributed by atoms with E-state index in [4.69, 9.17) is 5.73 Å². The lowest BCUT2D eigenvalue weighted by Gasteiger charge is -2.50. The Morgan fingerprint density at radius 1 is 0.978 bits per heavy atom. The van der Waals surface area contributed by atoms with E-state index < -0.39 is 69.7 Å². The molecule has 7 N–H and O–H groups in total. The Morgan fingerprint density at radius 2 is 1.60 bits per heavy atom. The van der Waals surface area contributed by atoms with E-state index in [1.54, 1.807) is 63.4 Å². The third kappa shape index (κ3) is 4.70. The Kier molecular flexibility index (Phi) is 7.66. The van der Waals surface area contributed by atoms with E-state index >= 15 is 0 Å². The molecule has 3 aliphatic rings. The van der Waals surface area contributed by atoms with E-state index in [1.165, 1.54) is 4.90 Å². The van der Waals surface area contributed by atoms with Gasteiger partial charge in [0.15, 0.2) is 11.4 Å². The van der Waals surface area contributed by atoms with Crippen LogP contribution in [0, 0.1) is 11.8 Å². The van der Waals surface area contributed by atoms with Gasteiger partial charge < -0.3 is 41.3 Å². The number of carbonyl (C=O) groups excluding carboxylic acids is 4. The van der Waals surface area contributed by atoms with Crippen molar-refractivity contribution in [3.8, 4) is 5.75 Å². The summed E-state index contributed by atoms with van der Waals surface area (Å²) in [5.74, 6) is -7.94. The van der Waals surface area contributed by atoms with E-state index in [2.05, 4.69) is 5.32 Å². The number of anilines is 3. The molecule has 0 spiro atoms. The van der Waals surface area contributed by atoms with E-state index in [0.29, 0.717) is 16.8 Å². The van der Waals surface area contributed by atoms with Crippen molar-refractivity contribution in [1.29, 1.82) is 0 Å². The van der Waals surface area contributed by atoms with Crippen LogP contribution in [0.4, 0.5) is 17.1 Å². The van der Waals surface area contributed by atoms with Crippen molar-refractivity contribution in [2.45, 2.75) is 24.5 Å². The summed E-state index contributed by atoms with van der Waals surface area (Å²) in [6.45, 7) is 0. The zero-order valence-corrected chi connectivity index (χ0v) is 25.9. The molecule has 3 aliphatic carbocycles. The molecule has 0 aromatic heterocycles. The van der Waals surface area contributed by atoms with Crippen molar-refractivity contribution < 1.29 is 39.6 Å². The summed E-state index contributed by atoms with van der Waals surface area (Å²) in [5, 5.41) is 48.6. The van der Waals surface area contributed by atoms with Crippen LogP contribution in [0.2, 0.25) is 0 Å². The molecule has 0 bridgehead atoms. The van der Waals surface area contributed by atoms with Crippen molar-refractivity contribution >= 4 is 46.2 Å². The third-order valence-corrected chi connectivity index (χ3v) is 9.07. The number of nitrogens with two attached hydrogens (primary N) is 1. The molecule has 1 saturated carbocycles. The van der Waals surface area contributed by atoms with Gasteiger partial charge in [-0.15, -0.1) is 0 Å². The smallest absolute Gasteiger partial charge is 0.255 e. The number of nitrogens with one attached hydrogen (secondary N) is 1. The number of aliphatic hydroxyl groups is 3. The summed E-state index contributed by atoms with van der Waals surface area (Å²) >= 11 is 0. The van der Waals surface area contributed by atoms with Gasteiger partial charge in [-0.1, -0.05) is 0 Å². The minimum absolute atomic E-state index is 0.0270. The summed E-state index contributed by atoms with van der Waals surface area (Å²) in [6, 6.07) is 7.19. The van der Waals surface area contributed by atoms with E-state index in [-0.39, 0.29) is 29.7 Å². The zero-order chi connectivity index (χ0) is 33.3. The first kappa shape index (κ1) is 31.5. The number of rotatable bonds is 6. The van der Waals surface area contributed by atoms with Crippen LogP contribution in [0.3, 0.4) is 0 Å². The van der Waals surface area contributed by atoms with Crippen molar-refractivity contribution in [3.05, 3.63) is 63.9 Å². The molecule has 0 radical (unpaired) electrons. The van der Waals surface area contributed by atoms with Gasteiger partial charge in [-0.05, 0) is 68.8 Å². The van der Waals surface area contributed by atoms with Crippen LogP contribution in [0.25, 0.3) is 5.76 Å². The number of phenols is 1. The fourth-order valence-corrected chi connectivity index (χ4v) is 6.89. The maximum absolute atomic E-state index is 14.1. The van der Waals surface area contributed by atoms with Gasteiger partial charge in [0.2, 0.25) is 5.78 Å². The summed E-state index contributed by atoms with van der Waals surface area (Å²) < 4.78 is 0. The minimum Gasteiger partial charge on any atom is -0.508 e. The lowest BCUT2D eigenvalue weighted by molar-refractivity contribution is -0.153. The molecule has 0 aliphatic heterocycles. The molecular formula is C32H37N5O8. The van der Waals surface area contributed by atoms with Crippen LogP contribution in [-0.2, 0) is 20.8 Å². The number of phenolic OH excluding ortho intramolecular Hbond substituents is 1. The highest BCUT2D eigenvalue weighted by Gasteiger charge is 2.64. The van der Waals surface area contributed by atoms with Crippen molar-refractivity contribution in [2.24, 2.45) is 17.6 Å². The van der Waals surface area contributed by atoms with Crippen molar-refractivity contribution in [2.75, 3.05) is 57.4 Å². The Hall–Kier alpha value is -4.88. The van der Waals surface area contributed by atoms with Gasteiger partial charge in [0.1, 0.15) is 22.8 Å². The maximum atomic E-state index is 14.1. The Bertz CT molecular complexity index is 1710. The molecule has 1 fully saturated rings. The van der Waals surface area contributed by atoms with E-state index in [1.807, 2.05) is 19.0 Å². The van der Waals surface area contributed by atoms with Crippen LogP contribution in [0.1, 0.15) is 27.9 Å². The van der Waals surface area contributed by atoms with Crippen molar-refractivity contribution in [3.63, 3.8) is 0 Å². The molecular weight excluding hydrogens is 582 g/mol. The number of carbonyl (C=O) groups is 4. The number of fused-ring (bicyclic) bond motifs is 3. The number of ketones is 2. The fraction of sp³-hybridized carbons (Fsp3) is 0.375. The number of hydrogen-bond acceptors (Lipinski definition) is 11. The first-order valence-corrected chi connectivity index (χ1v) is 14.3. The standard InChI is InChI=1S/C32H37N5O8/c1-35(2)16-9-7-14(8-10-16)31(44)34-19-13-20(36(3)4)17-11-15-12-18-24(37(5)6)27(40)23(30(33)43)29(42)32(18,45)28(41)21(15)26(39)22(17)25(19)38/h7-10,13,15,18,24,38-39,42,45H,11-12H2,1-6H3,(H2,33,43)(H,34,44)/t15?,18?,24-,32-/m0/s1. The number of Topliss-reactive ketones (excluding diaryl/α,β-unsaturated/α-hetero) is 2. The first-order chi connectivity index (χ1) is 21.0. The lowest BCUT2D eigenvalue weighted by Crippen LogP contribution is -2.65. The second-order valence-electron chi connectivity index (χ2n) is 12.4. The summed E-state index contributed by atoms with van der Waals surface area (Å²) in [6.07, 6.45) is 0.0939. The van der Waals surface area contributed by atoms with Crippen LogP contribution < -0.4 is 20.9 Å². The molecule has 4 atom stereocenters. The monoisotopic (exact) mass is 619 g/mol. The second kappa shape index (κ2) is 10.9. The SMILES string of the molecule is CN(C)c1ccc(C(=O)Nc2cc(N(C)C)c3c(c2O)C(O)=C2C(=O)[C@]4(O)C(O)=C(C(N)=O)C(=O)[C@@H](N(C)C)C4CC2C3)cc1. The van der Waals surface area contributed by atoms with E-state index in [9.17, 15) is 39.6 Å². The molecule has 2 amide bonds. The predicted octanol–water partition coefficient (Wildman–Crippen LogP) is 1.35. The Labute approximate surface area is 259 Å². The first-order valence-electron chi connectivity index (χ1n) is 14.3. The number of amides is 2. The Morgan fingerprint density at radius 3 is 2.13 bits per heavy atom. The quantitative estimate of drug-likeness (QED) is 0.202. The van der Waals surface area contributed by atoms with Gasteiger partial charge >= 0.3 is 0 Å². The van der Waals surface area contributed by atoms with Gasteiger partial charge in [-0.3, -0.25) is 24.1 Å². The van der Waals surface area contributed by atoms with Gasteiger partial charge in [-0.25, -0.2) is 0 Å². The Balaban J connectivity index is 1.65. The molecule has 5 rings (SSSR count). The maximum Gasteiger partial charge on any atom is 0.255 e. The number of hydrogen-bond donors (Lipinski definition) is 6. The van der Waals surface area contributed by atoms with E-state index in [0.717, 1.165) is 5.69 Å². The molecule has 13 nitrogen and oxygen atoms in total. The van der Waals surface area contributed by atoms with Gasteiger partial charge in [0.25, 0.3) is 11.8 Å². The number of nitrogens with zero attached hydrogens (tertiary/aromatic N) is 3. The van der Waals surface area contributed by atoms with Gasteiger partial charge in [0, 0.05) is 56.6 Å².